The molecule has 7 nitrogen and oxygen atoms in total. The van der Waals surface area contributed by atoms with E-state index in [0.29, 0.717) is 24.7 Å². The van der Waals surface area contributed by atoms with Crippen LogP contribution in [0.4, 0.5) is 5.82 Å². The monoisotopic (exact) mass is 375 g/mol. The predicted octanol–water partition coefficient (Wildman–Crippen LogP) is 3.04. The molecule has 0 aliphatic carbocycles. The van der Waals surface area contributed by atoms with E-state index in [0.717, 1.165) is 28.4 Å². The van der Waals surface area contributed by atoms with Gasteiger partial charge in [-0.15, -0.1) is 0 Å². The highest BCUT2D eigenvalue weighted by molar-refractivity contribution is 5.52. The fourth-order valence-electron chi connectivity index (χ4n) is 2.90. The van der Waals surface area contributed by atoms with E-state index >= 15 is 0 Å². The number of likely N-dealkylation sites (N-methyl/N-ethyl adjacent to an activating group) is 1. The molecular weight excluding hydrogens is 346 g/mol. The van der Waals surface area contributed by atoms with Crippen LogP contribution in [0.25, 0.3) is 0 Å². The summed E-state index contributed by atoms with van der Waals surface area (Å²) in [6, 6.07) is 5.65. The maximum absolute atomic E-state index is 9.36. The van der Waals surface area contributed by atoms with Gasteiger partial charge in [0.25, 0.3) is 0 Å². The van der Waals surface area contributed by atoms with Crippen molar-refractivity contribution in [1.82, 2.24) is 9.97 Å². The minimum Gasteiger partial charge on any atom is -0.497 e. The number of ether oxygens (including phenoxy) is 3. The molecule has 0 aliphatic heterocycles. The molecule has 1 aromatic heterocycles. The Bertz CT molecular complexity index is 761. The molecule has 27 heavy (non-hydrogen) atoms. The van der Waals surface area contributed by atoms with E-state index in [-0.39, 0.29) is 12.6 Å². The number of anilines is 1. The molecule has 1 atom stereocenters. The zero-order valence-electron chi connectivity index (χ0n) is 16.9. The van der Waals surface area contributed by atoms with Crippen molar-refractivity contribution in [2.75, 3.05) is 39.4 Å². The third kappa shape index (κ3) is 5.08. The van der Waals surface area contributed by atoms with Crippen molar-refractivity contribution in [3.8, 4) is 17.4 Å². The quantitative estimate of drug-likeness (QED) is 0.722. The van der Waals surface area contributed by atoms with Gasteiger partial charge in [0.1, 0.15) is 23.1 Å². The number of aliphatic hydroxyl groups is 1. The lowest BCUT2D eigenvalue weighted by Gasteiger charge is -2.30. The Labute approximate surface area is 160 Å². The molecule has 0 radical (unpaired) electrons. The van der Waals surface area contributed by atoms with Crippen LogP contribution in [0.15, 0.2) is 18.2 Å². The Kier molecular flexibility index (Phi) is 7.38. The summed E-state index contributed by atoms with van der Waals surface area (Å²) in [7, 11) is 5.23. The number of methoxy groups -OCH3 is 2. The summed E-state index contributed by atoms with van der Waals surface area (Å²) in [5, 5.41) is 9.36. The van der Waals surface area contributed by atoms with Gasteiger partial charge >= 0.3 is 0 Å². The van der Waals surface area contributed by atoms with E-state index in [1.807, 2.05) is 50.9 Å². The van der Waals surface area contributed by atoms with E-state index in [9.17, 15) is 5.11 Å². The number of aromatic nitrogens is 2. The van der Waals surface area contributed by atoms with E-state index in [1.165, 1.54) is 0 Å². The van der Waals surface area contributed by atoms with Gasteiger partial charge in [-0.25, -0.2) is 4.98 Å². The van der Waals surface area contributed by atoms with Crippen molar-refractivity contribution >= 4 is 5.82 Å². The van der Waals surface area contributed by atoms with Crippen molar-refractivity contribution in [2.45, 2.75) is 33.2 Å². The van der Waals surface area contributed by atoms with Crippen molar-refractivity contribution in [3.05, 3.63) is 35.2 Å². The minimum atomic E-state index is 0.00331. The summed E-state index contributed by atoms with van der Waals surface area (Å²) in [5.41, 5.74) is 1.79. The van der Waals surface area contributed by atoms with Crippen LogP contribution in [-0.4, -0.2) is 55.6 Å². The zero-order valence-corrected chi connectivity index (χ0v) is 16.9. The highest BCUT2D eigenvalue weighted by atomic mass is 16.5. The molecule has 0 saturated carbocycles. The second-order valence-corrected chi connectivity index (χ2v) is 6.49. The van der Waals surface area contributed by atoms with E-state index in [4.69, 9.17) is 14.2 Å². The molecule has 0 aliphatic rings. The minimum absolute atomic E-state index is 0.00331. The van der Waals surface area contributed by atoms with Gasteiger partial charge in [-0.3, -0.25) is 0 Å². The van der Waals surface area contributed by atoms with Crippen LogP contribution in [0.5, 0.6) is 17.4 Å². The molecule has 1 N–H and O–H groups in total. The van der Waals surface area contributed by atoms with Gasteiger partial charge in [0.15, 0.2) is 0 Å². The van der Waals surface area contributed by atoms with Crippen molar-refractivity contribution in [3.63, 3.8) is 0 Å². The maximum Gasteiger partial charge on any atom is 0.227 e. The number of aryl methyl sites for hydroxylation is 2. The van der Waals surface area contributed by atoms with Crippen molar-refractivity contribution in [2.24, 2.45) is 0 Å². The van der Waals surface area contributed by atoms with Crippen LogP contribution in [0.2, 0.25) is 0 Å². The Hall–Kier alpha value is -2.38. The number of benzene rings is 1. The lowest BCUT2D eigenvalue weighted by Crippen LogP contribution is -2.37. The molecule has 2 aromatic rings. The average molecular weight is 375 g/mol. The lowest BCUT2D eigenvalue weighted by atomic mass is 10.2. The molecule has 0 fully saturated rings. The first kappa shape index (κ1) is 20.9. The molecule has 0 bridgehead atoms. The second kappa shape index (κ2) is 9.53. The van der Waals surface area contributed by atoms with E-state index in [2.05, 4.69) is 9.97 Å². The molecule has 7 heteroatoms. The van der Waals surface area contributed by atoms with Gasteiger partial charge in [-0.2, -0.15) is 4.98 Å². The van der Waals surface area contributed by atoms with Gasteiger partial charge in [0.2, 0.25) is 5.88 Å². The number of aliphatic hydroxyl groups excluding tert-OH is 1. The summed E-state index contributed by atoms with van der Waals surface area (Å²) in [6.07, 6.45) is 0.584. The normalized spacial score (nSPS) is 12.0. The van der Waals surface area contributed by atoms with Crippen molar-refractivity contribution in [1.29, 1.82) is 0 Å². The van der Waals surface area contributed by atoms with Crippen LogP contribution in [0.1, 0.15) is 23.4 Å². The fraction of sp³-hybridized carbons (Fsp3) is 0.500. The molecule has 148 valence electrons. The molecule has 1 aromatic carbocycles. The van der Waals surface area contributed by atoms with Crippen LogP contribution >= 0.6 is 0 Å². The SMILES string of the molecule is COCC(CCO)N(C)c1nc(C)nc(Oc2ccc(OC)cc2C)c1C. The highest BCUT2D eigenvalue weighted by Crippen LogP contribution is 2.32. The first-order valence-corrected chi connectivity index (χ1v) is 8.91. The standard InChI is InChI=1S/C20H29N3O4/c1-13-11-17(26-6)7-8-18(13)27-20-14(2)19(21-15(3)22-20)23(4)16(9-10-24)12-25-5/h7-8,11,16,24H,9-10,12H2,1-6H3. The fourth-order valence-corrected chi connectivity index (χ4v) is 2.90. The smallest absolute Gasteiger partial charge is 0.227 e. The van der Waals surface area contributed by atoms with Gasteiger partial charge in [-0.05, 0) is 51.0 Å². The number of hydrogen-bond donors (Lipinski definition) is 1. The predicted molar refractivity (Wildman–Crippen MR) is 105 cm³/mol. The molecule has 2 rings (SSSR count). The van der Waals surface area contributed by atoms with E-state index < -0.39 is 0 Å². The number of nitrogens with zero attached hydrogens (tertiary/aromatic N) is 3. The van der Waals surface area contributed by atoms with E-state index in [1.54, 1.807) is 14.2 Å². The van der Waals surface area contributed by atoms with Crippen LogP contribution < -0.4 is 14.4 Å². The van der Waals surface area contributed by atoms with Crippen LogP contribution in [0.3, 0.4) is 0 Å². The molecular formula is C20H29N3O4. The first-order valence-electron chi connectivity index (χ1n) is 8.91. The van der Waals surface area contributed by atoms with Gasteiger partial charge in [0.05, 0.1) is 25.3 Å². The molecule has 0 amide bonds. The first-order chi connectivity index (χ1) is 12.9. The summed E-state index contributed by atoms with van der Waals surface area (Å²) in [5.74, 6) is 3.39. The molecule has 1 heterocycles. The Morgan fingerprint density at radius 2 is 1.89 bits per heavy atom. The van der Waals surface area contributed by atoms with Gasteiger partial charge < -0.3 is 24.2 Å². The second-order valence-electron chi connectivity index (χ2n) is 6.49. The molecule has 1 unspecified atom stereocenters. The highest BCUT2D eigenvalue weighted by Gasteiger charge is 2.21. The largest absolute Gasteiger partial charge is 0.497 e. The number of rotatable bonds is 9. The Morgan fingerprint density at radius 1 is 1.15 bits per heavy atom. The summed E-state index contributed by atoms with van der Waals surface area (Å²) in [6.45, 7) is 6.30. The van der Waals surface area contributed by atoms with Gasteiger partial charge in [-0.1, -0.05) is 0 Å². The van der Waals surface area contributed by atoms with Gasteiger partial charge in [0, 0.05) is 20.8 Å². The maximum atomic E-state index is 9.36. The number of hydrogen-bond acceptors (Lipinski definition) is 7. The van der Waals surface area contributed by atoms with Crippen molar-refractivity contribution < 1.29 is 19.3 Å². The average Bonchev–Trinajstić information content (AvgIpc) is 2.65. The Balaban J connectivity index is 2.36. The summed E-state index contributed by atoms with van der Waals surface area (Å²) >= 11 is 0. The summed E-state index contributed by atoms with van der Waals surface area (Å²) < 4.78 is 16.6. The topological polar surface area (TPSA) is 76.9 Å². The molecule has 0 spiro atoms. The zero-order chi connectivity index (χ0) is 20.0. The van der Waals surface area contributed by atoms with Crippen LogP contribution in [0, 0.1) is 20.8 Å². The third-order valence-corrected chi connectivity index (χ3v) is 4.48. The lowest BCUT2D eigenvalue weighted by molar-refractivity contribution is 0.161. The third-order valence-electron chi connectivity index (χ3n) is 4.48. The molecule has 0 saturated heterocycles. The van der Waals surface area contributed by atoms with Crippen LogP contribution in [-0.2, 0) is 4.74 Å². The Morgan fingerprint density at radius 3 is 2.48 bits per heavy atom. The summed E-state index contributed by atoms with van der Waals surface area (Å²) in [4.78, 5) is 11.1.